The van der Waals surface area contributed by atoms with Crippen molar-refractivity contribution >= 4 is 63.3 Å². The van der Waals surface area contributed by atoms with Crippen LogP contribution >= 0.6 is 0 Å². The summed E-state index contributed by atoms with van der Waals surface area (Å²) >= 11 is 0. The molecule has 0 heterocycles. The minimum atomic E-state index is -2.27. The van der Waals surface area contributed by atoms with Gasteiger partial charge in [0.15, 0.2) is 12.2 Å². The van der Waals surface area contributed by atoms with E-state index in [1.807, 2.05) is 0 Å². The van der Waals surface area contributed by atoms with Crippen LogP contribution in [0.4, 0.5) is 0 Å². The van der Waals surface area contributed by atoms with Gasteiger partial charge in [-0.15, -0.1) is 0 Å². The van der Waals surface area contributed by atoms with Crippen molar-refractivity contribution in [1.29, 1.82) is 0 Å². The van der Waals surface area contributed by atoms with Crippen LogP contribution in [-0.4, -0.2) is 118 Å². The van der Waals surface area contributed by atoms with E-state index >= 15 is 0 Å². The van der Waals surface area contributed by atoms with Crippen LogP contribution in [0.15, 0.2) is 0 Å². The molecule has 2 unspecified atom stereocenters. The SMILES string of the molecule is O.O.O.O.O=C(O)C(O)C(O)C(=O)O.[Cu].[KH]. The average Bonchev–Trinajstić information content (AvgIpc) is 1.84. The second-order valence-corrected chi connectivity index (χ2v) is 1.57. The molecule has 2 atom stereocenters. The molecule has 0 bridgehead atoms. The number of aliphatic hydroxyl groups is 2. The Hall–Kier alpha value is 0.856. The van der Waals surface area contributed by atoms with E-state index in [0.717, 1.165) is 0 Å². The van der Waals surface area contributed by atoms with Crippen molar-refractivity contribution in [2.45, 2.75) is 12.2 Å². The molecule has 0 aromatic rings. The first kappa shape index (κ1) is 43.6. The standard InChI is InChI=1S/C4H6O6.Cu.K.4H2O.H/c5-1(3(7)8)2(6)4(9)10;;;;;;;/h1-2,5-6H,(H,7,8)(H,9,10);;;4*1H2;. The van der Waals surface area contributed by atoms with Crippen LogP contribution < -0.4 is 0 Å². The molecule has 10 nitrogen and oxygen atoms in total. The Balaban J connectivity index is -0.0000000270. The molecule has 0 aromatic carbocycles. The fourth-order valence-corrected chi connectivity index (χ4v) is 0.270. The summed E-state index contributed by atoms with van der Waals surface area (Å²) < 4.78 is 0. The van der Waals surface area contributed by atoms with E-state index in [2.05, 4.69) is 0 Å². The molecule has 1 radical (unpaired) electrons. The fourth-order valence-electron chi connectivity index (χ4n) is 0.270. The summed E-state index contributed by atoms with van der Waals surface area (Å²) in [5.74, 6) is -3.54. The van der Waals surface area contributed by atoms with E-state index in [9.17, 15) is 9.59 Å². The van der Waals surface area contributed by atoms with E-state index in [4.69, 9.17) is 20.4 Å². The molecule has 0 aliphatic heterocycles. The predicted molar refractivity (Wildman–Crippen MR) is 48.9 cm³/mol. The van der Waals surface area contributed by atoms with Crippen LogP contribution in [0.5, 0.6) is 0 Å². The van der Waals surface area contributed by atoms with E-state index in [1.54, 1.807) is 0 Å². The summed E-state index contributed by atoms with van der Waals surface area (Å²) in [6, 6.07) is 0. The maximum absolute atomic E-state index is 9.77. The molecule has 12 heteroatoms. The van der Waals surface area contributed by atoms with Crippen LogP contribution in [0.1, 0.15) is 0 Å². The third-order valence-electron chi connectivity index (χ3n) is 0.805. The van der Waals surface area contributed by atoms with Gasteiger partial charge in [-0.3, -0.25) is 0 Å². The van der Waals surface area contributed by atoms with Gasteiger partial charge in [-0.2, -0.15) is 0 Å². The van der Waals surface area contributed by atoms with Gasteiger partial charge in [-0.05, 0) is 0 Å². The zero-order valence-electron chi connectivity index (χ0n) is 7.06. The summed E-state index contributed by atoms with van der Waals surface area (Å²) in [4.78, 5) is 19.5. The van der Waals surface area contributed by atoms with Gasteiger partial charge >= 0.3 is 63.3 Å². The van der Waals surface area contributed by atoms with Crippen molar-refractivity contribution in [2.75, 3.05) is 0 Å². The molecule has 0 rings (SSSR count). The van der Waals surface area contributed by atoms with Gasteiger partial charge in [-0.1, -0.05) is 0 Å². The second kappa shape index (κ2) is 21.2. The molecule has 0 saturated carbocycles. The summed E-state index contributed by atoms with van der Waals surface area (Å²) in [7, 11) is 0. The molecule has 0 spiro atoms. The molecule has 0 aliphatic rings. The Morgan fingerprint density at radius 3 is 0.938 bits per heavy atom. The molecule has 0 fully saturated rings. The summed E-state index contributed by atoms with van der Waals surface area (Å²) in [6.45, 7) is 0. The van der Waals surface area contributed by atoms with E-state index in [0.29, 0.717) is 0 Å². The van der Waals surface area contributed by atoms with Crippen molar-refractivity contribution in [2.24, 2.45) is 0 Å². The first-order valence-electron chi connectivity index (χ1n) is 2.28. The Bertz CT molecular complexity index is 147. The van der Waals surface area contributed by atoms with Gasteiger partial charge in [0.05, 0.1) is 0 Å². The normalized spacial score (nSPS) is 9.88. The molecule has 0 saturated heterocycles. The van der Waals surface area contributed by atoms with Crippen molar-refractivity contribution in [1.82, 2.24) is 0 Å². The molecule has 16 heavy (non-hydrogen) atoms. The quantitative estimate of drug-likeness (QED) is 0.367. The predicted octanol–water partition coefficient (Wildman–Crippen LogP) is -6.07. The van der Waals surface area contributed by atoms with Crippen molar-refractivity contribution < 1.29 is 69.0 Å². The number of aliphatic carboxylic acids is 2. The molecular weight excluding hydrogens is 311 g/mol. The number of hydrogen-bond donors (Lipinski definition) is 4. The van der Waals surface area contributed by atoms with Crippen LogP contribution in [0, 0.1) is 0 Å². The first-order chi connectivity index (χ1) is 4.46. The Kier molecular flexibility index (Phi) is 57.7. The van der Waals surface area contributed by atoms with Gasteiger partial charge in [0.2, 0.25) is 0 Å². The molecule has 0 aliphatic carbocycles. The Labute approximate surface area is 143 Å². The third kappa shape index (κ3) is 17.3. The van der Waals surface area contributed by atoms with Crippen molar-refractivity contribution in [3.8, 4) is 0 Å². The van der Waals surface area contributed by atoms with Crippen LogP contribution in [-0.2, 0) is 26.7 Å². The van der Waals surface area contributed by atoms with Crippen LogP contribution in [0.2, 0.25) is 0 Å². The topological polar surface area (TPSA) is 241 Å². The molecule has 0 aromatic heterocycles. The number of aliphatic hydroxyl groups excluding tert-OH is 2. The molecule has 0 amide bonds. The first-order valence-corrected chi connectivity index (χ1v) is 2.28. The fraction of sp³-hybridized carbons (Fsp3) is 0.500. The number of hydrogen-bond acceptors (Lipinski definition) is 4. The second-order valence-electron chi connectivity index (χ2n) is 1.57. The van der Waals surface area contributed by atoms with Gasteiger partial charge in [0.25, 0.3) is 0 Å². The molecule has 12 N–H and O–H groups in total. The minimum absolute atomic E-state index is 0. The average molecular weight is 326 g/mol. The van der Waals surface area contributed by atoms with Gasteiger partial charge in [0.1, 0.15) is 0 Å². The van der Waals surface area contributed by atoms with Crippen molar-refractivity contribution in [3.05, 3.63) is 0 Å². The summed E-state index contributed by atoms with van der Waals surface area (Å²) in [5, 5.41) is 32.5. The number of rotatable bonds is 3. The van der Waals surface area contributed by atoms with E-state index in [1.165, 1.54) is 0 Å². The zero-order chi connectivity index (χ0) is 8.31. The monoisotopic (exact) mass is 325 g/mol. The van der Waals surface area contributed by atoms with Gasteiger partial charge in [-0.25, -0.2) is 9.59 Å². The van der Waals surface area contributed by atoms with E-state index in [-0.39, 0.29) is 90.4 Å². The van der Waals surface area contributed by atoms with Gasteiger partial charge in [0, 0.05) is 17.1 Å². The van der Waals surface area contributed by atoms with Crippen LogP contribution in [0.3, 0.4) is 0 Å². The third-order valence-corrected chi connectivity index (χ3v) is 0.805. The molecular formula is C4H15CuKO10. The van der Waals surface area contributed by atoms with E-state index < -0.39 is 24.1 Å². The maximum atomic E-state index is 9.77. The van der Waals surface area contributed by atoms with Crippen LogP contribution in [0.25, 0.3) is 0 Å². The van der Waals surface area contributed by atoms with Gasteiger partial charge < -0.3 is 42.3 Å². The number of carboxylic acid groups (broad SMARTS) is 2. The summed E-state index contributed by atoms with van der Waals surface area (Å²) in [5.41, 5.74) is 0. The zero-order valence-corrected chi connectivity index (χ0v) is 8.00. The summed E-state index contributed by atoms with van der Waals surface area (Å²) in [6.07, 6.45) is -4.53. The Morgan fingerprint density at radius 1 is 0.750 bits per heavy atom. The van der Waals surface area contributed by atoms with Crippen molar-refractivity contribution in [3.63, 3.8) is 0 Å². The number of carboxylic acids is 2. The molecule has 103 valence electrons. The number of carbonyl (C=O) groups is 2. The Morgan fingerprint density at radius 2 is 0.875 bits per heavy atom.